The fourth-order valence-corrected chi connectivity index (χ4v) is 4.49. The van der Waals surface area contributed by atoms with Gasteiger partial charge in [-0.3, -0.25) is 0 Å². The van der Waals surface area contributed by atoms with Crippen molar-refractivity contribution >= 4 is 11.8 Å². The summed E-state index contributed by atoms with van der Waals surface area (Å²) in [7, 11) is 0. The van der Waals surface area contributed by atoms with Crippen molar-refractivity contribution in [2.24, 2.45) is 0 Å². The maximum atomic E-state index is 11.1. The van der Waals surface area contributed by atoms with Crippen LogP contribution in [-0.4, -0.2) is 47.4 Å². The Labute approximate surface area is 165 Å². The molecule has 7 nitrogen and oxygen atoms in total. The molecule has 7 heteroatoms. The summed E-state index contributed by atoms with van der Waals surface area (Å²) in [6.45, 7) is 1.98. The Hall–Kier alpha value is -2.54. The van der Waals surface area contributed by atoms with Crippen molar-refractivity contribution in [3.8, 4) is 11.5 Å². The number of hydrogen-bond donors (Lipinski definition) is 3. The highest BCUT2D eigenvalue weighted by Gasteiger charge is 2.30. The SMILES string of the molecule is O=C(O)N[C@@H]1CCCC[C@H]1NC1CCCN(c2ccc(-c3ncco3)cc2)C1. The van der Waals surface area contributed by atoms with E-state index in [1.54, 1.807) is 12.5 Å². The molecule has 0 spiro atoms. The van der Waals surface area contributed by atoms with Gasteiger partial charge in [0.05, 0.1) is 6.20 Å². The van der Waals surface area contributed by atoms with E-state index in [2.05, 4.69) is 32.7 Å². The minimum atomic E-state index is -0.921. The molecule has 28 heavy (non-hydrogen) atoms. The van der Waals surface area contributed by atoms with E-state index in [1.165, 1.54) is 5.69 Å². The first kappa shape index (κ1) is 18.8. The molecular formula is C21H28N4O3. The summed E-state index contributed by atoms with van der Waals surface area (Å²) in [5.41, 5.74) is 2.18. The van der Waals surface area contributed by atoms with E-state index < -0.39 is 6.09 Å². The van der Waals surface area contributed by atoms with Gasteiger partial charge in [0.2, 0.25) is 5.89 Å². The first-order chi connectivity index (χ1) is 13.7. The lowest BCUT2D eigenvalue weighted by molar-refractivity contribution is 0.176. The van der Waals surface area contributed by atoms with Crippen LogP contribution in [0.25, 0.3) is 11.5 Å². The van der Waals surface area contributed by atoms with Crippen LogP contribution in [0.5, 0.6) is 0 Å². The highest BCUT2D eigenvalue weighted by Crippen LogP contribution is 2.26. The number of aromatic nitrogens is 1. The standard InChI is InChI=1S/C21H28N4O3/c26-21(27)24-19-6-2-1-5-18(19)23-16-4-3-12-25(14-16)17-9-7-15(8-10-17)20-22-11-13-28-20/h7-11,13,16,18-19,23-24H,1-6,12,14H2,(H,26,27)/t16?,18-,19-/m1/s1. The fourth-order valence-electron chi connectivity index (χ4n) is 4.49. The average Bonchev–Trinajstić information content (AvgIpc) is 3.24. The van der Waals surface area contributed by atoms with Gasteiger partial charge < -0.3 is 25.1 Å². The molecular weight excluding hydrogens is 356 g/mol. The van der Waals surface area contributed by atoms with Crippen LogP contribution in [0.4, 0.5) is 10.5 Å². The number of carbonyl (C=O) groups is 1. The molecule has 2 aromatic rings. The third kappa shape index (κ3) is 4.47. The van der Waals surface area contributed by atoms with Gasteiger partial charge in [0.15, 0.2) is 0 Å². The van der Waals surface area contributed by atoms with Crippen LogP contribution in [-0.2, 0) is 0 Å². The first-order valence-electron chi connectivity index (χ1n) is 10.2. The lowest BCUT2D eigenvalue weighted by atomic mass is 9.89. The second-order valence-corrected chi connectivity index (χ2v) is 7.78. The van der Waals surface area contributed by atoms with E-state index >= 15 is 0 Å². The third-order valence-corrected chi connectivity index (χ3v) is 5.86. The minimum Gasteiger partial charge on any atom is -0.465 e. The zero-order valence-electron chi connectivity index (χ0n) is 16.0. The van der Waals surface area contributed by atoms with Crippen LogP contribution in [0.1, 0.15) is 38.5 Å². The molecule has 3 atom stereocenters. The van der Waals surface area contributed by atoms with Crippen LogP contribution in [0.3, 0.4) is 0 Å². The van der Waals surface area contributed by atoms with E-state index in [4.69, 9.17) is 9.52 Å². The number of hydrogen-bond acceptors (Lipinski definition) is 5. The van der Waals surface area contributed by atoms with E-state index in [-0.39, 0.29) is 12.1 Å². The Balaban J connectivity index is 1.38. The number of nitrogens with zero attached hydrogens (tertiary/aromatic N) is 2. The van der Waals surface area contributed by atoms with Crippen molar-refractivity contribution in [2.45, 2.75) is 56.7 Å². The molecule has 1 unspecified atom stereocenters. The Morgan fingerprint density at radius 2 is 1.89 bits per heavy atom. The van der Waals surface area contributed by atoms with Crippen LogP contribution >= 0.6 is 0 Å². The summed E-state index contributed by atoms with van der Waals surface area (Å²) in [4.78, 5) is 17.7. The summed E-state index contributed by atoms with van der Waals surface area (Å²) in [5, 5.41) is 15.6. The van der Waals surface area contributed by atoms with Crippen LogP contribution < -0.4 is 15.5 Å². The maximum absolute atomic E-state index is 11.1. The van der Waals surface area contributed by atoms with Crippen molar-refractivity contribution in [1.29, 1.82) is 0 Å². The van der Waals surface area contributed by atoms with Gasteiger partial charge in [0, 0.05) is 42.5 Å². The summed E-state index contributed by atoms with van der Waals surface area (Å²) in [5.74, 6) is 0.638. The summed E-state index contributed by atoms with van der Waals surface area (Å²) in [6.07, 6.45) is 8.78. The minimum absolute atomic E-state index is 0.0155. The predicted molar refractivity (Wildman–Crippen MR) is 108 cm³/mol. The first-order valence-corrected chi connectivity index (χ1v) is 10.2. The van der Waals surface area contributed by atoms with Gasteiger partial charge >= 0.3 is 6.09 Å². The number of oxazole rings is 1. The molecule has 150 valence electrons. The lowest BCUT2D eigenvalue weighted by Crippen LogP contribution is -2.57. The number of benzene rings is 1. The summed E-state index contributed by atoms with van der Waals surface area (Å²) >= 11 is 0. The van der Waals surface area contributed by atoms with Gasteiger partial charge in [0.1, 0.15) is 6.26 Å². The molecule has 4 rings (SSSR count). The largest absolute Gasteiger partial charge is 0.465 e. The van der Waals surface area contributed by atoms with E-state index in [0.29, 0.717) is 11.9 Å². The molecule has 1 aliphatic heterocycles. The molecule has 1 saturated carbocycles. The maximum Gasteiger partial charge on any atom is 0.404 e. The predicted octanol–water partition coefficient (Wildman–Crippen LogP) is 3.48. The summed E-state index contributed by atoms with van der Waals surface area (Å²) < 4.78 is 5.36. The molecule has 1 aliphatic carbocycles. The lowest BCUT2D eigenvalue weighted by Gasteiger charge is -2.40. The number of rotatable bonds is 5. The van der Waals surface area contributed by atoms with Crippen LogP contribution in [0.2, 0.25) is 0 Å². The molecule has 2 heterocycles. The summed E-state index contributed by atoms with van der Waals surface area (Å²) in [6, 6.07) is 8.96. The van der Waals surface area contributed by atoms with E-state index in [9.17, 15) is 4.79 Å². The molecule has 2 aliphatic rings. The molecule has 1 amide bonds. The van der Waals surface area contributed by atoms with Gasteiger partial charge in [0.25, 0.3) is 0 Å². The molecule has 0 radical (unpaired) electrons. The molecule has 2 fully saturated rings. The average molecular weight is 384 g/mol. The van der Waals surface area contributed by atoms with Gasteiger partial charge in [-0.15, -0.1) is 0 Å². The van der Waals surface area contributed by atoms with E-state index in [1.807, 2.05) is 12.1 Å². The van der Waals surface area contributed by atoms with Gasteiger partial charge in [-0.05, 0) is 49.9 Å². The molecule has 1 aromatic carbocycles. The van der Waals surface area contributed by atoms with Crippen molar-refractivity contribution in [3.63, 3.8) is 0 Å². The second-order valence-electron chi connectivity index (χ2n) is 7.78. The Morgan fingerprint density at radius 3 is 2.61 bits per heavy atom. The molecule has 1 saturated heterocycles. The quantitative estimate of drug-likeness (QED) is 0.731. The zero-order valence-corrected chi connectivity index (χ0v) is 16.0. The monoisotopic (exact) mass is 384 g/mol. The van der Waals surface area contributed by atoms with Crippen LogP contribution in [0.15, 0.2) is 41.1 Å². The van der Waals surface area contributed by atoms with Gasteiger partial charge in [-0.2, -0.15) is 0 Å². The highest BCUT2D eigenvalue weighted by atomic mass is 16.4. The highest BCUT2D eigenvalue weighted by molar-refractivity contribution is 5.65. The third-order valence-electron chi connectivity index (χ3n) is 5.86. The second kappa shape index (κ2) is 8.65. The number of anilines is 1. The Morgan fingerprint density at radius 1 is 1.11 bits per heavy atom. The number of piperidine rings is 1. The zero-order chi connectivity index (χ0) is 19.3. The van der Waals surface area contributed by atoms with Crippen molar-refractivity contribution in [2.75, 3.05) is 18.0 Å². The Kier molecular flexibility index (Phi) is 5.81. The topological polar surface area (TPSA) is 90.6 Å². The number of amides is 1. The normalized spacial score (nSPS) is 25.4. The molecule has 0 bridgehead atoms. The Bertz CT molecular complexity index is 762. The van der Waals surface area contributed by atoms with Crippen molar-refractivity contribution in [3.05, 3.63) is 36.7 Å². The van der Waals surface area contributed by atoms with Gasteiger partial charge in [-0.25, -0.2) is 9.78 Å². The van der Waals surface area contributed by atoms with Crippen LogP contribution in [0, 0.1) is 0 Å². The van der Waals surface area contributed by atoms with Crippen molar-refractivity contribution in [1.82, 2.24) is 15.6 Å². The fraction of sp³-hybridized carbons (Fsp3) is 0.524. The number of carboxylic acid groups (broad SMARTS) is 1. The van der Waals surface area contributed by atoms with Gasteiger partial charge in [-0.1, -0.05) is 12.8 Å². The molecule has 3 N–H and O–H groups in total. The number of nitrogens with one attached hydrogen (secondary N) is 2. The smallest absolute Gasteiger partial charge is 0.404 e. The molecule has 1 aromatic heterocycles. The van der Waals surface area contributed by atoms with Crippen molar-refractivity contribution < 1.29 is 14.3 Å². The van der Waals surface area contributed by atoms with E-state index in [0.717, 1.165) is 57.2 Å².